The standard InChI is InChI=1S/C22H22ClN5O4/c1-22(20(30-2)31-3)19(29)18(16-10-13(11-24)4-9-17(16)32-22)28-21(26-12-25)27-15-7-5-14(23)6-8-15/h4-10,18-20,29H,1-3H3,(H2,26,27,28)/t18-,19+,22+/m1/s1. The van der Waals surface area contributed by atoms with E-state index in [1.54, 1.807) is 49.4 Å². The molecule has 32 heavy (non-hydrogen) atoms. The number of nitriles is 2. The van der Waals surface area contributed by atoms with E-state index in [1.165, 1.54) is 14.2 Å². The normalized spacial score (nSPS) is 22.3. The van der Waals surface area contributed by atoms with Crippen molar-refractivity contribution < 1.29 is 19.3 Å². The van der Waals surface area contributed by atoms with E-state index >= 15 is 0 Å². The van der Waals surface area contributed by atoms with Gasteiger partial charge >= 0.3 is 0 Å². The van der Waals surface area contributed by atoms with Crippen LogP contribution in [-0.2, 0) is 9.47 Å². The Hall–Kier alpha value is -3.34. The summed E-state index contributed by atoms with van der Waals surface area (Å²) in [7, 11) is 2.87. The number of nitrogens with zero attached hydrogens (tertiary/aromatic N) is 3. The highest BCUT2D eigenvalue weighted by atomic mass is 35.5. The van der Waals surface area contributed by atoms with Crippen molar-refractivity contribution in [1.82, 2.24) is 5.32 Å². The third kappa shape index (κ3) is 4.62. The van der Waals surface area contributed by atoms with Crippen molar-refractivity contribution in [3.05, 3.63) is 58.6 Å². The second-order valence-corrected chi connectivity index (χ2v) is 7.63. The largest absolute Gasteiger partial charge is 0.479 e. The monoisotopic (exact) mass is 455 g/mol. The van der Waals surface area contributed by atoms with Gasteiger partial charge in [0.05, 0.1) is 11.6 Å². The Bertz CT molecular complexity index is 1080. The van der Waals surface area contributed by atoms with Crippen molar-refractivity contribution in [2.45, 2.75) is 31.0 Å². The van der Waals surface area contributed by atoms with Gasteiger partial charge in [-0.05, 0) is 49.4 Å². The zero-order valence-electron chi connectivity index (χ0n) is 17.7. The quantitative estimate of drug-likeness (QED) is 0.206. The van der Waals surface area contributed by atoms with Gasteiger partial charge in [0.1, 0.15) is 17.9 Å². The lowest BCUT2D eigenvalue weighted by Gasteiger charge is -2.45. The fourth-order valence-electron chi connectivity index (χ4n) is 3.57. The molecule has 1 aliphatic rings. The zero-order valence-corrected chi connectivity index (χ0v) is 18.4. The summed E-state index contributed by atoms with van der Waals surface area (Å²) >= 11 is 5.93. The molecule has 166 valence electrons. The number of methoxy groups -OCH3 is 2. The summed E-state index contributed by atoms with van der Waals surface area (Å²) in [4.78, 5) is 4.58. The highest BCUT2D eigenvalue weighted by Crippen LogP contribution is 2.44. The van der Waals surface area contributed by atoms with E-state index in [9.17, 15) is 15.6 Å². The SMILES string of the molecule is COC(OC)[C@@]1(C)Oc2ccc(C#N)cc2[C@@H](N=C(NC#N)Nc2ccc(Cl)cc2)[C@@H]1O. The first-order valence-electron chi connectivity index (χ1n) is 9.58. The molecule has 3 N–H and O–H groups in total. The fraction of sp³-hybridized carbons (Fsp3) is 0.318. The molecule has 2 aromatic carbocycles. The Morgan fingerprint density at radius 1 is 1.22 bits per heavy atom. The van der Waals surface area contributed by atoms with E-state index < -0.39 is 24.0 Å². The van der Waals surface area contributed by atoms with Crippen LogP contribution in [0.3, 0.4) is 0 Å². The second-order valence-electron chi connectivity index (χ2n) is 7.19. The smallest absolute Gasteiger partial charge is 0.209 e. The number of hydrogen-bond donors (Lipinski definition) is 3. The minimum absolute atomic E-state index is 0.0859. The number of hydrogen-bond acceptors (Lipinski definition) is 7. The highest BCUT2D eigenvalue weighted by molar-refractivity contribution is 6.30. The van der Waals surface area contributed by atoms with Crippen LogP contribution < -0.4 is 15.4 Å². The molecule has 0 saturated carbocycles. The Kier molecular flexibility index (Phi) is 7.18. The lowest BCUT2D eigenvalue weighted by molar-refractivity contribution is -0.237. The summed E-state index contributed by atoms with van der Waals surface area (Å²) in [6, 6.07) is 12.8. The Morgan fingerprint density at radius 3 is 2.50 bits per heavy atom. The number of fused-ring (bicyclic) bond motifs is 1. The molecule has 0 saturated heterocycles. The van der Waals surface area contributed by atoms with E-state index in [2.05, 4.69) is 21.7 Å². The van der Waals surface area contributed by atoms with Gasteiger partial charge in [-0.1, -0.05) is 11.6 Å². The Balaban J connectivity index is 2.10. The highest BCUT2D eigenvalue weighted by Gasteiger charge is 2.52. The maximum atomic E-state index is 11.3. The maximum absolute atomic E-state index is 11.3. The van der Waals surface area contributed by atoms with Crippen LogP contribution >= 0.6 is 11.6 Å². The van der Waals surface area contributed by atoms with Crippen LogP contribution in [0.25, 0.3) is 0 Å². The molecule has 0 radical (unpaired) electrons. The minimum atomic E-state index is -1.34. The molecule has 2 aromatic rings. The van der Waals surface area contributed by atoms with Crippen LogP contribution in [0.1, 0.15) is 24.1 Å². The van der Waals surface area contributed by atoms with Gasteiger partial charge in [-0.2, -0.15) is 10.5 Å². The van der Waals surface area contributed by atoms with Crippen molar-refractivity contribution in [3.8, 4) is 18.0 Å². The van der Waals surface area contributed by atoms with E-state index in [-0.39, 0.29) is 5.96 Å². The van der Waals surface area contributed by atoms with Gasteiger partial charge < -0.3 is 24.6 Å². The van der Waals surface area contributed by atoms with Crippen LogP contribution in [0.5, 0.6) is 5.75 Å². The molecule has 0 aliphatic carbocycles. The Labute approximate surface area is 190 Å². The number of ether oxygens (including phenoxy) is 3. The summed E-state index contributed by atoms with van der Waals surface area (Å²) in [6.45, 7) is 1.64. The molecular weight excluding hydrogens is 434 g/mol. The molecule has 0 fully saturated rings. The molecular formula is C22H22ClN5O4. The number of guanidine groups is 1. The molecule has 0 bridgehead atoms. The first-order valence-corrected chi connectivity index (χ1v) is 9.96. The maximum Gasteiger partial charge on any atom is 0.209 e. The lowest BCUT2D eigenvalue weighted by atomic mass is 9.84. The first-order chi connectivity index (χ1) is 15.4. The second kappa shape index (κ2) is 9.86. The molecule has 1 heterocycles. The first kappa shape index (κ1) is 23.3. The zero-order chi connectivity index (χ0) is 23.3. The van der Waals surface area contributed by atoms with Crippen molar-refractivity contribution in [2.75, 3.05) is 19.5 Å². The molecule has 1 aliphatic heterocycles. The van der Waals surface area contributed by atoms with Crippen LogP contribution in [-0.4, -0.2) is 43.3 Å². The van der Waals surface area contributed by atoms with Crippen LogP contribution in [0.4, 0.5) is 5.69 Å². The third-order valence-electron chi connectivity index (χ3n) is 5.12. The number of nitrogens with one attached hydrogen (secondary N) is 2. The number of aliphatic hydroxyl groups is 1. The predicted molar refractivity (Wildman–Crippen MR) is 118 cm³/mol. The van der Waals surface area contributed by atoms with E-state index in [0.717, 1.165) is 0 Å². The molecule has 0 spiro atoms. The van der Waals surface area contributed by atoms with E-state index in [1.807, 2.05) is 6.19 Å². The summed E-state index contributed by atoms with van der Waals surface area (Å²) in [5, 5.41) is 35.9. The van der Waals surface area contributed by atoms with Crippen LogP contribution in [0, 0.1) is 22.8 Å². The number of anilines is 1. The third-order valence-corrected chi connectivity index (χ3v) is 5.37. The molecule has 3 atom stereocenters. The average Bonchev–Trinajstić information content (AvgIpc) is 2.79. The average molecular weight is 456 g/mol. The van der Waals surface area contributed by atoms with Crippen molar-refractivity contribution in [1.29, 1.82) is 10.5 Å². The predicted octanol–water partition coefficient (Wildman–Crippen LogP) is 2.92. The van der Waals surface area contributed by atoms with Crippen molar-refractivity contribution in [3.63, 3.8) is 0 Å². The van der Waals surface area contributed by atoms with Gasteiger partial charge in [-0.3, -0.25) is 5.32 Å². The number of rotatable bonds is 5. The topological polar surface area (TPSA) is 132 Å². The van der Waals surface area contributed by atoms with E-state index in [4.69, 9.17) is 25.8 Å². The van der Waals surface area contributed by atoms with Gasteiger partial charge in [0.2, 0.25) is 5.96 Å². The van der Waals surface area contributed by atoms with Gasteiger partial charge in [0.25, 0.3) is 0 Å². The Morgan fingerprint density at radius 2 is 1.91 bits per heavy atom. The lowest BCUT2D eigenvalue weighted by Crippen LogP contribution is -2.59. The van der Waals surface area contributed by atoms with E-state index in [0.29, 0.717) is 27.6 Å². The minimum Gasteiger partial charge on any atom is -0.479 e. The summed E-state index contributed by atoms with van der Waals surface area (Å²) < 4.78 is 16.8. The number of aliphatic hydroxyl groups excluding tert-OH is 1. The fourth-order valence-corrected chi connectivity index (χ4v) is 3.70. The van der Waals surface area contributed by atoms with Crippen molar-refractivity contribution in [2.24, 2.45) is 4.99 Å². The number of halogens is 1. The van der Waals surface area contributed by atoms with Gasteiger partial charge in [-0.15, -0.1) is 0 Å². The van der Waals surface area contributed by atoms with Crippen LogP contribution in [0.15, 0.2) is 47.5 Å². The van der Waals surface area contributed by atoms with Gasteiger partial charge in [0.15, 0.2) is 18.1 Å². The summed E-state index contributed by atoms with van der Waals surface area (Å²) in [5.74, 6) is 0.496. The molecule has 0 aromatic heterocycles. The molecule has 9 nitrogen and oxygen atoms in total. The number of aliphatic imine (C=N–C) groups is 1. The van der Waals surface area contributed by atoms with Gasteiger partial charge in [0, 0.05) is 30.5 Å². The number of benzene rings is 2. The summed E-state index contributed by atoms with van der Waals surface area (Å²) in [5.41, 5.74) is 0.142. The molecule has 0 amide bonds. The summed E-state index contributed by atoms with van der Waals surface area (Å²) in [6.07, 6.45) is -0.342. The van der Waals surface area contributed by atoms with Crippen molar-refractivity contribution >= 4 is 23.2 Å². The van der Waals surface area contributed by atoms with Gasteiger partial charge in [-0.25, -0.2) is 4.99 Å². The van der Waals surface area contributed by atoms with Crippen LogP contribution in [0.2, 0.25) is 5.02 Å². The molecule has 0 unspecified atom stereocenters. The molecule has 3 rings (SSSR count). The molecule has 10 heteroatoms.